The molecular formula is C19H21NO5. The zero-order valence-corrected chi connectivity index (χ0v) is 14.3. The quantitative estimate of drug-likeness (QED) is 0.782. The third-order valence-corrected chi connectivity index (χ3v) is 3.53. The van der Waals surface area contributed by atoms with E-state index in [2.05, 4.69) is 0 Å². The summed E-state index contributed by atoms with van der Waals surface area (Å²) < 4.78 is 10.3. The number of phenols is 1. The molecule has 1 amide bonds. The van der Waals surface area contributed by atoms with Gasteiger partial charge >= 0.3 is 5.97 Å². The number of carbonyl (C=O) groups excluding carboxylic acids is 2. The van der Waals surface area contributed by atoms with Gasteiger partial charge in [-0.05, 0) is 36.8 Å². The fourth-order valence-corrected chi connectivity index (χ4v) is 2.18. The van der Waals surface area contributed by atoms with E-state index < -0.39 is 5.97 Å². The lowest BCUT2D eigenvalue weighted by molar-refractivity contribution is -0.133. The highest BCUT2D eigenvalue weighted by atomic mass is 16.5. The molecule has 0 heterocycles. The predicted octanol–water partition coefficient (Wildman–Crippen LogP) is 2.61. The van der Waals surface area contributed by atoms with Crippen LogP contribution in [0.4, 0.5) is 0 Å². The Morgan fingerprint density at radius 2 is 1.76 bits per heavy atom. The maximum Gasteiger partial charge on any atom is 0.342 e. The third-order valence-electron chi connectivity index (χ3n) is 3.53. The summed E-state index contributed by atoms with van der Waals surface area (Å²) in [7, 11) is 1.63. The van der Waals surface area contributed by atoms with Crippen LogP contribution in [0.15, 0.2) is 48.5 Å². The first-order valence-corrected chi connectivity index (χ1v) is 7.92. The van der Waals surface area contributed by atoms with E-state index in [1.165, 1.54) is 17.0 Å². The van der Waals surface area contributed by atoms with Crippen LogP contribution in [0, 0.1) is 0 Å². The molecular weight excluding hydrogens is 322 g/mol. The summed E-state index contributed by atoms with van der Waals surface area (Å²) in [6.45, 7) is 2.51. The smallest absolute Gasteiger partial charge is 0.342 e. The molecule has 0 aliphatic heterocycles. The number of amides is 1. The van der Waals surface area contributed by atoms with Gasteiger partial charge in [-0.3, -0.25) is 4.79 Å². The molecule has 6 heteroatoms. The minimum Gasteiger partial charge on any atom is -0.507 e. The van der Waals surface area contributed by atoms with E-state index in [1.54, 1.807) is 19.2 Å². The van der Waals surface area contributed by atoms with Gasteiger partial charge in [0.25, 0.3) is 5.91 Å². The number of para-hydroxylation sites is 1. The Hall–Kier alpha value is -3.02. The van der Waals surface area contributed by atoms with E-state index in [-0.39, 0.29) is 23.8 Å². The van der Waals surface area contributed by atoms with Crippen LogP contribution in [0.1, 0.15) is 22.8 Å². The molecule has 6 nitrogen and oxygen atoms in total. The molecule has 0 spiro atoms. The van der Waals surface area contributed by atoms with Crippen molar-refractivity contribution in [2.24, 2.45) is 0 Å². The Balaban J connectivity index is 1.85. The van der Waals surface area contributed by atoms with Gasteiger partial charge in [0.1, 0.15) is 17.1 Å². The lowest BCUT2D eigenvalue weighted by Gasteiger charge is -2.17. The Morgan fingerprint density at radius 1 is 1.08 bits per heavy atom. The molecule has 2 rings (SSSR count). The molecule has 0 bridgehead atoms. The fraction of sp³-hybridized carbons (Fsp3) is 0.263. The van der Waals surface area contributed by atoms with Crippen LogP contribution in [0.3, 0.4) is 0 Å². The van der Waals surface area contributed by atoms with Gasteiger partial charge in [-0.1, -0.05) is 24.3 Å². The topological polar surface area (TPSA) is 76.1 Å². The summed E-state index contributed by atoms with van der Waals surface area (Å²) in [5.74, 6) is -0.474. The molecule has 132 valence electrons. The Bertz CT molecular complexity index is 727. The summed E-state index contributed by atoms with van der Waals surface area (Å²) in [6.07, 6.45) is 0. The number of esters is 1. The van der Waals surface area contributed by atoms with Gasteiger partial charge in [0, 0.05) is 13.6 Å². The van der Waals surface area contributed by atoms with E-state index in [0.29, 0.717) is 13.2 Å². The summed E-state index contributed by atoms with van der Waals surface area (Å²) in [5.41, 5.74) is 0.968. The second-order valence-corrected chi connectivity index (χ2v) is 5.42. The molecule has 0 radical (unpaired) electrons. The lowest BCUT2D eigenvalue weighted by Crippen LogP contribution is -2.30. The molecule has 0 fully saturated rings. The highest BCUT2D eigenvalue weighted by Gasteiger charge is 2.16. The van der Waals surface area contributed by atoms with Gasteiger partial charge in [-0.25, -0.2) is 4.79 Å². The zero-order chi connectivity index (χ0) is 18.2. The van der Waals surface area contributed by atoms with Crippen LogP contribution < -0.4 is 4.74 Å². The fourth-order valence-electron chi connectivity index (χ4n) is 2.18. The van der Waals surface area contributed by atoms with E-state index in [4.69, 9.17) is 9.47 Å². The molecule has 0 aliphatic carbocycles. The number of hydrogen-bond acceptors (Lipinski definition) is 5. The van der Waals surface area contributed by atoms with Gasteiger partial charge in [0.05, 0.1) is 6.61 Å². The molecule has 2 aromatic carbocycles. The highest BCUT2D eigenvalue weighted by molar-refractivity contribution is 5.93. The van der Waals surface area contributed by atoms with E-state index in [1.807, 2.05) is 31.2 Å². The minimum atomic E-state index is -0.735. The Kier molecular flexibility index (Phi) is 6.39. The maximum absolute atomic E-state index is 12.1. The summed E-state index contributed by atoms with van der Waals surface area (Å²) in [5, 5.41) is 9.60. The van der Waals surface area contributed by atoms with Crippen LogP contribution in [-0.2, 0) is 16.1 Å². The second kappa shape index (κ2) is 8.73. The lowest BCUT2D eigenvalue weighted by atomic mass is 10.2. The first-order valence-electron chi connectivity index (χ1n) is 7.92. The van der Waals surface area contributed by atoms with Crippen LogP contribution in [0.2, 0.25) is 0 Å². The molecule has 1 N–H and O–H groups in total. The Morgan fingerprint density at radius 3 is 2.40 bits per heavy atom. The second-order valence-electron chi connectivity index (χ2n) is 5.42. The van der Waals surface area contributed by atoms with Crippen molar-refractivity contribution in [2.45, 2.75) is 13.5 Å². The Labute approximate surface area is 146 Å². The van der Waals surface area contributed by atoms with E-state index in [0.717, 1.165) is 11.3 Å². The van der Waals surface area contributed by atoms with Crippen LogP contribution in [0.25, 0.3) is 0 Å². The SMILES string of the molecule is CCOc1ccc(CN(C)C(=O)COC(=O)c2ccccc2O)cc1. The minimum absolute atomic E-state index is 0.0319. The first kappa shape index (κ1) is 18.3. The molecule has 2 aromatic rings. The summed E-state index contributed by atoms with van der Waals surface area (Å²) in [6, 6.07) is 13.5. The van der Waals surface area contributed by atoms with Crippen molar-refractivity contribution in [2.75, 3.05) is 20.3 Å². The average molecular weight is 343 g/mol. The van der Waals surface area contributed by atoms with Crippen molar-refractivity contribution in [1.82, 2.24) is 4.90 Å². The van der Waals surface area contributed by atoms with Gasteiger partial charge in [-0.15, -0.1) is 0 Å². The number of phenolic OH excluding ortho intramolecular Hbond substituents is 1. The molecule has 0 aromatic heterocycles. The maximum atomic E-state index is 12.1. The first-order chi connectivity index (χ1) is 12.0. The number of carbonyl (C=O) groups is 2. The van der Waals surface area contributed by atoms with Crippen molar-refractivity contribution in [3.63, 3.8) is 0 Å². The number of hydrogen-bond donors (Lipinski definition) is 1. The molecule has 0 atom stereocenters. The van der Waals surface area contributed by atoms with E-state index >= 15 is 0 Å². The number of benzene rings is 2. The molecule has 0 unspecified atom stereocenters. The molecule has 0 saturated carbocycles. The van der Waals surface area contributed by atoms with E-state index in [9.17, 15) is 14.7 Å². The highest BCUT2D eigenvalue weighted by Crippen LogP contribution is 2.17. The van der Waals surface area contributed by atoms with Gasteiger partial charge < -0.3 is 19.5 Å². The normalized spacial score (nSPS) is 10.2. The van der Waals surface area contributed by atoms with Crippen molar-refractivity contribution in [1.29, 1.82) is 0 Å². The third kappa shape index (κ3) is 5.24. The van der Waals surface area contributed by atoms with Crippen LogP contribution in [-0.4, -0.2) is 42.1 Å². The average Bonchev–Trinajstić information content (AvgIpc) is 2.61. The number of aromatic hydroxyl groups is 1. The summed E-state index contributed by atoms with van der Waals surface area (Å²) in [4.78, 5) is 25.4. The molecule has 0 aliphatic rings. The largest absolute Gasteiger partial charge is 0.507 e. The predicted molar refractivity (Wildman–Crippen MR) is 92.5 cm³/mol. The number of likely N-dealkylation sites (N-methyl/N-ethyl adjacent to an activating group) is 1. The van der Waals surface area contributed by atoms with Gasteiger partial charge in [-0.2, -0.15) is 0 Å². The standard InChI is InChI=1S/C19H21NO5/c1-3-24-15-10-8-14(9-11-15)12-20(2)18(22)13-25-19(23)16-6-4-5-7-17(16)21/h4-11,21H,3,12-13H2,1-2H3. The number of rotatable bonds is 7. The zero-order valence-electron chi connectivity index (χ0n) is 14.3. The van der Waals surface area contributed by atoms with Crippen LogP contribution in [0.5, 0.6) is 11.5 Å². The van der Waals surface area contributed by atoms with Gasteiger partial charge in [0.15, 0.2) is 6.61 Å². The molecule has 0 saturated heterocycles. The molecule has 25 heavy (non-hydrogen) atoms. The van der Waals surface area contributed by atoms with Crippen LogP contribution >= 0.6 is 0 Å². The van der Waals surface area contributed by atoms with Crippen molar-refractivity contribution in [3.8, 4) is 11.5 Å². The van der Waals surface area contributed by atoms with Crippen molar-refractivity contribution in [3.05, 3.63) is 59.7 Å². The monoisotopic (exact) mass is 343 g/mol. The summed E-state index contributed by atoms with van der Waals surface area (Å²) >= 11 is 0. The number of nitrogens with zero attached hydrogens (tertiary/aromatic N) is 1. The van der Waals surface area contributed by atoms with Crippen molar-refractivity contribution < 1.29 is 24.2 Å². The van der Waals surface area contributed by atoms with Crippen molar-refractivity contribution >= 4 is 11.9 Å². The van der Waals surface area contributed by atoms with Gasteiger partial charge in [0.2, 0.25) is 0 Å². The number of ether oxygens (including phenoxy) is 2.